The smallest absolute Gasteiger partial charge is 0.331 e. The number of thiazole rings is 1. The number of aryl methyl sites for hydroxylation is 1. The molecule has 3 amide bonds. The monoisotopic (exact) mass is 297 g/mol. The van der Waals surface area contributed by atoms with E-state index in [-0.39, 0.29) is 17.7 Å². The minimum Gasteiger partial charge on any atom is -0.478 e. The van der Waals surface area contributed by atoms with E-state index in [1.165, 1.54) is 25.2 Å². The summed E-state index contributed by atoms with van der Waals surface area (Å²) in [6, 6.07) is -0.694. The lowest BCUT2D eigenvalue weighted by molar-refractivity contribution is -0.133. The van der Waals surface area contributed by atoms with Crippen molar-refractivity contribution in [3.63, 3.8) is 0 Å². The molecule has 0 atom stereocenters. The van der Waals surface area contributed by atoms with Gasteiger partial charge in [0.1, 0.15) is 5.01 Å². The second-order valence-electron chi connectivity index (χ2n) is 4.07. The number of aliphatic carboxylic acids is 1. The standard InChI is InChI=1S/C12H15N3O4S/c1-6-5-20-9(14-6)4-13-12(19)15-10(16)7(2)8(3)11(17)18/h5H,4H2,1-3H3,(H,17,18)(H2,13,15,16,19). The molecule has 0 spiro atoms. The lowest BCUT2D eigenvalue weighted by Gasteiger charge is -2.06. The largest absolute Gasteiger partial charge is 0.478 e. The first kappa shape index (κ1) is 15.8. The number of hydrogen-bond donors (Lipinski definition) is 3. The van der Waals surface area contributed by atoms with Crippen LogP contribution in [0.25, 0.3) is 0 Å². The van der Waals surface area contributed by atoms with E-state index in [0.717, 1.165) is 10.7 Å². The van der Waals surface area contributed by atoms with Crippen LogP contribution in [0.1, 0.15) is 24.5 Å². The molecule has 1 aromatic heterocycles. The number of carbonyl (C=O) groups excluding carboxylic acids is 2. The number of carboxylic acid groups (broad SMARTS) is 1. The summed E-state index contributed by atoms with van der Waals surface area (Å²) >= 11 is 1.40. The summed E-state index contributed by atoms with van der Waals surface area (Å²) in [6.45, 7) is 4.69. The Kier molecular flexibility index (Phi) is 5.39. The lowest BCUT2D eigenvalue weighted by atomic mass is 10.1. The third-order valence-electron chi connectivity index (χ3n) is 2.52. The second-order valence-corrected chi connectivity index (χ2v) is 5.02. The molecule has 0 aliphatic heterocycles. The summed E-state index contributed by atoms with van der Waals surface area (Å²) in [4.78, 5) is 38.0. The Morgan fingerprint density at radius 3 is 2.45 bits per heavy atom. The number of imide groups is 1. The van der Waals surface area contributed by atoms with Crippen molar-refractivity contribution in [1.82, 2.24) is 15.6 Å². The van der Waals surface area contributed by atoms with Gasteiger partial charge in [-0.15, -0.1) is 11.3 Å². The van der Waals surface area contributed by atoms with E-state index in [0.29, 0.717) is 0 Å². The average molecular weight is 297 g/mol. The highest BCUT2D eigenvalue weighted by Crippen LogP contribution is 2.07. The summed E-state index contributed by atoms with van der Waals surface area (Å²) < 4.78 is 0. The molecular formula is C12H15N3O4S. The number of urea groups is 1. The minimum atomic E-state index is -1.20. The number of aromatic nitrogens is 1. The first-order valence-electron chi connectivity index (χ1n) is 5.72. The molecule has 0 radical (unpaired) electrons. The van der Waals surface area contributed by atoms with Gasteiger partial charge in [0.15, 0.2) is 0 Å². The molecular weight excluding hydrogens is 282 g/mol. The van der Waals surface area contributed by atoms with Crippen LogP contribution in [0.4, 0.5) is 4.79 Å². The first-order valence-corrected chi connectivity index (χ1v) is 6.60. The molecule has 3 N–H and O–H groups in total. The van der Waals surface area contributed by atoms with Crippen molar-refractivity contribution in [3.8, 4) is 0 Å². The summed E-state index contributed by atoms with van der Waals surface area (Å²) in [5, 5.41) is 15.8. The maximum atomic E-state index is 11.6. The molecule has 0 aromatic carbocycles. The van der Waals surface area contributed by atoms with Crippen molar-refractivity contribution in [2.24, 2.45) is 0 Å². The van der Waals surface area contributed by atoms with E-state index in [9.17, 15) is 14.4 Å². The fraction of sp³-hybridized carbons (Fsp3) is 0.333. The van der Waals surface area contributed by atoms with Crippen LogP contribution in [0.15, 0.2) is 16.5 Å². The third kappa shape index (κ3) is 4.47. The summed E-state index contributed by atoms with van der Waals surface area (Å²) in [7, 11) is 0. The lowest BCUT2D eigenvalue weighted by Crippen LogP contribution is -2.39. The van der Waals surface area contributed by atoms with Gasteiger partial charge in [-0.25, -0.2) is 14.6 Å². The van der Waals surface area contributed by atoms with Gasteiger partial charge < -0.3 is 10.4 Å². The van der Waals surface area contributed by atoms with Gasteiger partial charge in [0.05, 0.1) is 6.54 Å². The zero-order valence-corrected chi connectivity index (χ0v) is 12.1. The Labute approximate surface area is 119 Å². The van der Waals surface area contributed by atoms with Crippen molar-refractivity contribution in [1.29, 1.82) is 0 Å². The van der Waals surface area contributed by atoms with Gasteiger partial charge in [0.2, 0.25) is 0 Å². The van der Waals surface area contributed by atoms with Crippen molar-refractivity contribution in [3.05, 3.63) is 27.2 Å². The van der Waals surface area contributed by atoms with E-state index >= 15 is 0 Å². The number of rotatable bonds is 4. The van der Waals surface area contributed by atoms with E-state index in [1.54, 1.807) is 0 Å². The molecule has 0 bridgehead atoms. The SMILES string of the molecule is CC(C(=O)O)=C(C)C(=O)NC(=O)NCc1nc(C)cs1. The summed E-state index contributed by atoms with van der Waals surface area (Å²) in [5.41, 5.74) is 0.739. The van der Waals surface area contributed by atoms with E-state index in [4.69, 9.17) is 5.11 Å². The fourth-order valence-electron chi connectivity index (χ4n) is 1.21. The Morgan fingerprint density at radius 1 is 1.30 bits per heavy atom. The van der Waals surface area contributed by atoms with E-state index in [2.05, 4.69) is 15.6 Å². The molecule has 0 fully saturated rings. The van der Waals surface area contributed by atoms with Gasteiger partial charge in [-0.05, 0) is 20.8 Å². The maximum Gasteiger partial charge on any atom is 0.331 e. The van der Waals surface area contributed by atoms with Gasteiger partial charge in [0, 0.05) is 22.2 Å². The quantitative estimate of drug-likeness (QED) is 0.724. The third-order valence-corrected chi connectivity index (χ3v) is 3.48. The molecule has 1 rings (SSSR count). The van der Waals surface area contributed by atoms with Crippen molar-refractivity contribution < 1.29 is 19.5 Å². The van der Waals surface area contributed by atoms with E-state index < -0.39 is 17.9 Å². The fourth-order valence-corrected chi connectivity index (χ4v) is 1.92. The second kappa shape index (κ2) is 6.80. The highest BCUT2D eigenvalue weighted by molar-refractivity contribution is 7.09. The number of amides is 3. The van der Waals surface area contributed by atoms with Gasteiger partial charge >= 0.3 is 12.0 Å². The predicted molar refractivity (Wildman–Crippen MR) is 73.2 cm³/mol. The van der Waals surface area contributed by atoms with Crippen molar-refractivity contribution in [2.75, 3.05) is 0 Å². The first-order chi connectivity index (χ1) is 9.31. The summed E-state index contributed by atoms with van der Waals surface area (Å²) in [5.74, 6) is -1.94. The molecule has 1 aromatic rings. The van der Waals surface area contributed by atoms with Crippen LogP contribution in [0.5, 0.6) is 0 Å². The Hall–Kier alpha value is -2.22. The van der Waals surface area contributed by atoms with Crippen LogP contribution in [-0.2, 0) is 16.1 Å². The van der Waals surface area contributed by atoms with Crippen LogP contribution < -0.4 is 10.6 Å². The molecule has 0 saturated carbocycles. The average Bonchev–Trinajstić information content (AvgIpc) is 2.80. The number of carbonyl (C=O) groups is 3. The number of nitrogens with zero attached hydrogens (tertiary/aromatic N) is 1. The van der Waals surface area contributed by atoms with Gasteiger partial charge in [-0.2, -0.15) is 0 Å². The van der Waals surface area contributed by atoms with E-state index in [1.807, 2.05) is 12.3 Å². The molecule has 0 aliphatic carbocycles. The van der Waals surface area contributed by atoms with Gasteiger partial charge in [0.25, 0.3) is 5.91 Å². The van der Waals surface area contributed by atoms with Gasteiger partial charge in [-0.3, -0.25) is 10.1 Å². The number of nitrogens with one attached hydrogen (secondary N) is 2. The molecule has 0 saturated heterocycles. The van der Waals surface area contributed by atoms with Crippen LogP contribution in [0.2, 0.25) is 0 Å². The minimum absolute atomic E-state index is 0.0160. The Balaban J connectivity index is 2.52. The molecule has 0 unspecified atom stereocenters. The van der Waals surface area contributed by atoms with Gasteiger partial charge in [-0.1, -0.05) is 0 Å². The number of hydrogen-bond acceptors (Lipinski definition) is 5. The number of carboxylic acids is 1. The van der Waals surface area contributed by atoms with Crippen LogP contribution in [0, 0.1) is 6.92 Å². The van der Waals surface area contributed by atoms with Crippen LogP contribution in [-0.4, -0.2) is 28.0 Å². The van der Waals surface area contributed by atoms with Crippen LogP contribution in [0.3, 0.4) is 0 Å². The molecule has 1 heterocycles. The topological polar surface area (TPSA) is 108 Å². The zero-order chi connectivity index (χ0) is 15.3. The highest BCUT2D eigenvalue weighted by Gasteiger charge is 2.15. The maximum absolute atomic E-state index is 11.6. The van der Waals surface area contributed by atoms with Crippen molar-refractivity contribution >= 4 is 29.2 Å². The zero-order valence-electron chi connectivity index (χ0n) is 11.3. The summed E-state index contributed by atoms with van der Waals surface area (Å²) in [6.07, 6.45) is 0. The Bertz CT molecular complexity index is 577. The van der Waals surface area contributed by atoms with Crippen molar-refractivity contribution in [2.45, 2.75) is 27.3 Å². The molecule has 0 aliphatic rings. The molecule has 8 heteroatoms. The molecule has 108 valence electrons. The van der Waals surface area contributed by atoms with Crippen LogP contribution >= 0.6 is 11.3 Å². The highest BCUT2D eigenvalue weighted by atomic mass is 32.1. The predicted octanol–water partition coefficient (Wildman–Crippen LogP) is 1.20. The normalized spacial score (nSPS) is 11.6. The molecule has 7 nitrogen and oxygen atoms in total. The Morgan fingerprint density at radius 2 is 1.95 bits per heavy atom. The molecule has 20 heavy (non-hydrogen) atoms.